The predicted molar refractivity (Wildman–Crippen MR) is 105 cm³/mol. The van der Waals surface area contributed by atoms with Crippen LogP contribution < -0.4 is 4.90 Å². The molecule has 1 saturated heterocycles. The molecule has 1 N–H and O–H groups in total. The van der Waals surface area contributed by atoms with Crippen molar-refractivity contribution >= 4 is 34.7 Å². The molecule has 2 aromatic rings. The Morgan fingerprint density at radius 3 is 3.04 bits per heavy atom. The first kappa shape index (κ1) is 18.0. The van der Waals surface area contributed by atoms with Crippen LogP contribution in [0.5, 0.6) is 0 Å². The number of aliphatic hydroxyl groups is 1. The van der Waals surface area contributed by atoms with E-state index in [4.69, 9.17) is 4.74 Å². The fourth-order valence-electron chi connectivity index (χ4n) is 3.82. The number of carbonyl (C=O) groups is 1. The molecule has 0 radical (unpaired) electrons. The molecule has 0 aliphatic carbocycles. The quantitative estimate of drug-likeness (QED) is 0.855. The van der Waals surface area contributed by atoms with Crippen molar-refractivity contribution < 1.29 is 14.6 Å². The number of carbonyl (C=O) groups excluding carboxylic acids is 1. The highest BCUT2D eigenvalue weighted by Crippen LogP contribution is 2.44. The molecule has 0 saturated carbocycles. The van der Waals surface area contributed by atoms with E-state index in [1.54, 1.807) is 28.0 Å². The molecule has 2 aliphatic heterocycles. The van der Waals surface area contributed by atoms with Gasteiger partial charge in [0.05, 0.1) is 28.2 Å². The van der Waals surface area contributed by atoms with E-state index >= 15 is 0 Å². The van der Waals surface area contributed by atoms with Crippen molar-refractivity contribution in [2.75, 3.05) is 18.6 Å². The van der Waals surface area contributed by atoms with Gasteiger partial charge in [-0.15, -0.1) is 11.3 Å². The van der Waals surface area contributed by atoms with Crippen LogP contribution in [0.1, 0.15) is 37.3 Å². The van der Waals surface area contributed by atoms with Gasteiger partial charge in [0, 0.05) is 31.2 Å². The van der Waals surface area contributed by atoms with Crippen LogP contribution in [0.3, 0.4) is 0 Å². The molecule has 1 aromatic carbocycles. The van der Waals surface area contributed by atoms with E-state index in [0.29, 0.717) is 25.9 Å². The Kier molecular flexibility index (Phi) is 4.86. The third-order valence-electron chi connectivity index (χ3n) is 5.27. The SMILES string of the molecule is C[C@H]1C[C@@](O)(c2csc(Sc3cccc4c3N(C)C(=O)CC4)c2)CCO1. The maximum atomic E-state index is 12.1. The van der Waals surface area contributed by atoms with E-state index in [1.165, 1.54) is 5.56 Å². The molecule has 6 heteroatoms. The molecular weight excluding hydrogens is 366 g/mol. The molecule has 2 atom stereocenters. The second-order valence-corrected chi connectivity index (χ2v) is 9.39. The maximum Gasteiger partial charge on any atom is 0.227 e. The third kappa shape index (κ3) is 3.31. The third-order valence-corrected chi connectivity index (χ3v) is 7.40. The first-order chi connectivity index (χ1) is 12.5. The van der Waals surface area contributed by atoms with Crippen molar-refractivity contribution in [3.8, 4) is 0 Å². The molecule has 4 rings (SSSR count). The van der Waals surface area contributed by atoms with Crippen LogP contribution in [0.4, 0.5) is 5.69 Å². The minimum atomic E-state index is -0.796. The number of hydrogen-bond acceptors (Lipinski definition) is 5. The van der Waals surface area contributed by atoms with E-state index in [-0.39, 0.29) is 12.0 Å². The molecule has 0 unspecified atom stereocenters. The van der Waals surface area contributed by atoms with Crippen molar-refractivity contribution in [3.05, 3.63) is 40.8 Å². The van der Waals surface area contributed by atoms with Gasteiger partial charge in [-0.1, -0.05) is 23.9 Å². The van der Waals surface area contributed by atoms with Gasteiger partial charge in [0.25, 0.3) is 0 Å². The molecular formula is C20H23NO3S2. The lowest BCUT2D eigenvalue weighted by Crippen LogP contribution is -2.37. The Morgan fingerprint density at radius 2 is 2.23 bits per heavy atom. The number of fused-ring (bicyclic) bond motifs is 1. The van der Waals surface area contributed by atoms with Crippen LogP contribution in [0, 0.1) is 0 Å². The van der Waals surface area contributed by atoms with Crippen LogP contribution in [0.2, 0.25) is 0 Å². The molecule has 0 spiro atoms. The number of hydrogen-bond donors (Lipinski definition) is 1. The van der Waals surface area contributed by atoms with Crippen molar-refractivity contribution in [2.24, 2.45) is 0 Å². The van der Waals surface area contributed by atoms with Crippen LogP contribution >= 0.6 is 23.1 Å². The number of benzene rings is 1. The van der Waals surface area contributed by atoms with Crippen LogP contribution in [0.15, 0.2) is 38.8 Å². The summed E-state index contributed by atoms with van der Waals surface area (Å²) in [6.45, 7) is 2.60. The summed E-state index contributed by atoms with van der Waals surface area (Å²) in [5, 5.41) is 13.1. The largest absolute Gasteiger partial charge is 0.385 e. The lowest BCUT2D eigenvalue weighted by Gasteiger charge is -2.35. The number of thiophene rings is 1. The summed E-state index contributed by atoms with van der Waals surface area (Å²) in [6, 6.07) is 8.34. The fraction of sp³-hybridized carbons (Fsp3) is 0.450. The number of para-hydroxylation sites is 1. The van der Waals surface area contributed by atoms with Gasteiger partial charge in [-0.05, 0) is 42.0 Å². The number of rotatable bonds is 3. The van der Waals surface area contributed by atoms with Crippen LogP contribution in [0.25, 0.3) is 0 Å². The molecule has 1 amide bonds. The molecule has 2 aliphatic rings. The molecule has 0 bridgehead atoms. The maximum absolute atomic E-state index is 12.1. The van der Waals surface area contributed by atoms with Crippen molar-refractivity contribution in [2.45, 2.75) is 53.4 Å². The Morgan fingerprint density at radius 1 is 1.38 bits per heavy atom. The van der Waals surface area contributed by atoms with Crippen molar-refractivity contribution in [1.29, 1.82) is 0 Å². The summed E-state index contributed by atoms with van der Waals surface area (Å²) in [5.41, 5.74) is 2.44. The van der Waals surface area contributed by atoms with Crippen molar-refractivity contribution in [1.82, 2.24) is 0 Å². The van der Waals surface area contributed by atoms with E-state index in [0.717, 1.165) is 26.8 Å². The Bertz CT molecular complexity index is 834. The van der Waals surface area contributed by atoms with Gasteiger partial charge in [0.1, 0.15) is 0 Å². The minimum absolute atomic E-state index is 0.0746. The lowest BCUT2D eigenvalue weighted by atomic mass is 9.86. The molecule has 4 nitrogen and oxygen atoms in total. The van der Waals surface area contributed by atoms with Gasteiger partial charge >= 0.3 is 0 Å². The summed E-state index contributed by atoms with van der Waals surface area (Å²) in [5.74, 6) is 0.169. The Labute approximate surface area is 162 Å². The highest BCUT2D eigenvalue weighted by Gasteiger charge is 2.36. The number of nitrogens with zero attached hydrogens (tertiary/aromatic N) is 1. The van der Waals surface area contributed by atoms with Crippen LogP contribution in [-0.2, 0) is 21.6 Å². The van der Waals surface area contributed by atoms with Gasteiger partial charge in [0.2, 0.25) is 5.91 Å². The average Bonchev–Trinajstić information content (AvgIpc) is 3.08. The second kappa shape index (κ2) is 7.00. The van der Waals surface area contributed by atoms with E-state index in [9.17, 15) is 9.90 Å². The van der Waals surface area contributed by atoms with Crippen LogP contribution in [-0.4, -0.2) is 30.8 Å². The first-order valence-electron chi connectivity index (χ1n) is 8.95. The first-order valence-corrected chi connectivity index (χ1v) is 10.7. The van der Waals surface area contributed by atoms with Gasteiger partial charge in [-0.2, -0.15) is 0 Å². The molecule has 26 heavy (non-hydrogen) atoms. The predicted octanol–water partition coefficient (Wildman–Crippen LogP) is 4.19. The molecule has 1 fully saturated rings. The fourth-order valence-corrected chi connectivity index (χ4v) is 6.06. The minimum Gasteiger partial charge on any atom is -0.385 e. The average molecular weight is 390 g/mol. The second-order valence-electron chi connectivity index (χ2n) is 7.14. The Hall–Kier alpha value is -1.34. The van der Waals surface area contributed by atoms with Gasteiger partial charge in [-0.3, -0.25) is 4.79 Å². The number of anilines is 1. The summed E-state index contributed by atoms with van der Waals surface area (Å²) >= 11 is 3.32. The zero-order valence-electron chi connectivity index (χ0n) is 15.0. The summed E-state index contributed by atoms with van der Waals surface area (Å²) < 4.78 is 6.71. The smallest absolute Gasteiger partial charge is 0.227 e. The number of aryl methyl sites for hydroxylation is 1. The zero-order chi connectivity index (χ0) is 18.3. The highest BCUT2D eigenvalue weighted by atomic mass is 32.2. The van der Waals surface area contributed by atoms with E-state index in [1.807, 2.05) is 14.0 Å². The van der Waals surface area contributed by atoms with Gasteiger partial charge in [-0.25, -0.2) is 0 Å². The molecule has 3 heterocycles. The standard InChI is InChI=1S/C20H23NO3S2/c1-13-11-20(23,8-9-24-13)15-10-18(25-12-15)26-16-5-3-4-14-6-7-17(22)21(2)19(14)16/h3-5,10,12-13,23H,6-9,11H2,1-2H3/t13-,20+/m0/s1. The Balaban J connectivity index is 1.60. The molecule has 1 aromatic heterocycles. The number of ether oxygens (including phenoxy) is 1. The topological polar surface area (TPSA) is 49.8 Å². The van der Waals surface area contributed by atoms with Gasteiger partial charge in [0.15, 0.2) is 0 Å². The van der Waals surface area contributed by atoms with Gasteiger partial charge < -0.3 is 14.7 Å². The molecule has 138 valence electrons. The van der Waals surface area contributed by atoms with Crippen molar-refractivity contribution in [3.63, 3.8) is 0 Å². The number of amides is 1. The zero-order valence-corrected chi connectivity index (χ0v) is 16.7. The van der Waals surface area contributed by atoms with E-state index < -0.39 is 5.60 Å². The summed E-state index contributed by atoms with van der Waals surface area (Å²) in [7, 11) is 1.86. The monoisotopic (exact) mass is 389 g/mol. The summed E-state index contributed by atoms with van der Waals surface area (Å²) in [6.07, 6.45) is 2.72. The normalized spacial score (nSPS) is 26.0. The lowest BCUT2D eigenvalue weighted by molar-refractivity contribution is -0.118. The summed E-state index contributed by atoms with van der Waals surface area (Å²) in [4.78, 5) is 15.0. The highest BCUT2D eigenvalue weighted by molar-refractivity contribution is 8.01. The van der Waals surface area contributed by atoms with E-state index in [2.05, 4.69) is 29.6 Å².